The van der Waals surface area contributed by atoms with E-state index in [1.165, 1.54) is 24.8 Å². The molecule has 0 aliphatic heterocycles. The number of ether oxygens (including phenoxy) is 2. The fourth-order valence-corrected chi connectivity index (χ4v) is 6.53. The summed E-state index contributed by atoms with van der Waals surface area (Å²) in [5.74, 6) is 2.01. The molecule has 0 heterocycles. The second kappa shape index (κ2) is 9.70. The first-order valence-corrected chi connectivity index (χ1v) is 12.7. The molecule has 6 atom stereocenters. The Kier molecular flexibility index (Phi) is 6.52. The quantitative estimate of drug-likeness (QED) is 0.473. The highest BCUT2D eigenvalue weighted by atomic mass is 16.6. The number of aryl methyl sites for hydroxylation is 1. The van der Waals surface area contributed by atoms with Gasteiger partial charge in [-0.25, -0.2) is 9.59 Å². The number of unbranched alkanes of at least 4 members (excludes halogenated alkanes) is 1. The summed E-state index contributed by atoms with van der Waals surface area (Å²) >= 11 is 0. The lowest BCUT2D eigenvalue weighted by atomic mass is 9.69. The molecule has 0 amide bonds. The molecule has 3 aliphatic rings. The molecule has 2 bridgehead atoms. The van der Waals surface area contributed by atoms with Crippen LogP contribution in [0.3, 0.4) is 0 Å². The average molecular weight is 447 g/mol. The molecule has 5 rings (SSSR count). The van der Waals surface area contributed by atoms with Crippen LogP contribution in [0.1, 0.15) is 78.1 Å². The average Bonchev–Trinajstić information content (AvgIpc) is 3.46. The van der Waals surface area contributed by atoms with Crippen LogP contribution in [0.2, 0.25) is 0 Å². The molecule has 3 saturated carbocycles. The molecule has 3 aliphatic carbocycles. The number of benzene rings is 2. The van der Waals surface area contributed by atoms with Gasteiger partial charge in [0.05, 0.1) is 11.1 Å². The molecule has 6 unspecified atom stereocenters. The van der Waals surface area contributed by atoms with Gasteiger partial charge in [0.1, 0.15) is 12.2 Å². The predicted molar refractivity (Wildman–Crippen MR) is 127 cm³/mol. The van der Waals surface area contributed by atoms with E-state index in [0.717, 1.165) is 43.9 Å². The number of carbonyl (C=O) groups excluding carboxylic acids is 2. The molecule has 0 radical (unpaired) electrons. The molecule has 174 valence electrons. The predicted octanol–water partition coefficient (Wildman–Crippen LogP) is 6.24. The molecule has 4 heteroatoms. The van der Waals surface area contributed by atoms with Gasteiger partial charge in [-0.15, -0.1) is 0 Å². The second-order valence-corrected chi connectivity index (χ2v) is 10.2. The van der Waals surface area contributed by atoms with Gasteiger partial charge in [0.15, 0.2) is 0 Å². The molecular formula is C29H34O4. The van der Waals surface area contributed by atoms with Gasteiger partial charge in [-0.3, -0.25) is 0 Å². The van der Waals surface area contributed by atoms with E-state index < -0.39 is 0 Å². The first-order chi connectivity index (χ1) is 16.1. The number of hydrogen-bond acceptors (Lipinski definition) is 4. The summed E-state index contributed by atoms with van der Waals surface area (Å²) in [6, 6.07) is 16.9. The van der Waals surface area contributed by atoms with Crippen LogP contribution in [0.5, 0.6) is 0 Å². The number of carbonyl (C=O) groups is 2. The van der Waals surface area contributed by atoms with Crippen molar-refractivity contribution in [3.8, 4) is 0 Å². The molecular weight excluding hydrogens is 412 g/mol. The van der Waals surface area contributed by atoms with Crippen molar-refractivity contribution in [3.05, 3.63) is 71.3 Å². The van der Waals surface area contributed by atoms with Gasteiger partial charge >= 0.3 is 11.9 Å². The van der Waals surface area contributed by atoms with Gasteiger partial charge in [0.25, 0.3) is 0 Å². The summed E-state index contributed by atoms with van der Waals surface area (Å²) in [6.45, 7) is 2.18. The van der Waals surface area contributed by atoms with Crippen LogP contribution in [0.25, 0.3) is 0 Å². The van der Waals surface area contributed by atoms with Crippen LogP contribution < -0.4 is 0 Å². The fraction of sp³-hybridized carbons (Fsp3) is 0.517. The Bertz CT molecular complexity index is 967. The third kappa shape index (κ3) is 4.71. The van der Waals surface area contributed by atoms with Crippen molar-refractivity contribution in [3.63, 3.8) is 0 Å². The van der Waals surface area contributed by atoms with Crippen molar-refractivity contribution in [1.29, 1.82) is 0 Å². The molecule has 4 nitrogen and oxygen atoms in total. The molecule has 0 aromatic heterocycles. The van der Waals surface area contributed by atoms with Crippen molar-refractivity contribution in [2.45, 2.75) is 70.5 Å². The minimum absolute atomic E-state index is 0.315. The zero-order valence-electron chi connectivity index (χ0n) is 19.5. The van der Waals surface area contributed by atoms with E-state index in [4.69, 9.17) is 9.47 Å². The molecule has 0 N–H and O–H groups in total. The largest absolute Gasteiger partial charge is 0.455 e. The molecule has 33 heavy (non-hydrogen) atoms. The summed E-state index contributed by atoms with van der Waals surface area (Å²) in [5, 5.41) is 0. The van der Waals surface area contributed by atoms with Gasteiger partial charge in [-0.2, -0.15) is 0 Å². The zero-order valence-corrected chi connectivity index (χ0v) is 19.5. The van der Waals surface area contributed by atoms with Gasteiger partial charge < -0.3 is 9.47 Å². The van der Waals surface area contributed by atoms with Crippen LogP contribution in [0.4, 0.5) is 0 Å². The van der Waals surface area contributed by atoms with Crippen molar-refractivity contribution in [1.82, 2.24) is 0 Å². The second-order valence-electron chi connectivity index (χ2n) is 10.2. The zero-order chi connectivity index (χ0) is 22.8. The normalized spacial score (nSPS) is 30.0. The fourth-order valence-electron chi connectivity index (χ4n) is 6.53. The summed E-state index contributed by atoms with van der Waals surface area (Å²) in [4.78, 5) is 25.9. The van der Waals surface area contributed by atoms with Crippen molar-refractivity contribution in [2.24, 2.45) is 23.7 Å². The van der Waals surface area contributed by atoms with Crippen molar-refractivity contribution < 1.29 is 19.1 Å². The van der Waals surface area contributed by atoms with Crippen LogP contribution >= 0.6 is 0 Å². The van der Waals surface area contributed by atoms with Crippen LogP contribution in [-0.4, -0.2) is 24.1 Å². The summed E-state index contributed by atoms with van der Waals surface area (Å²) in [7, 11) is 0. The Morgan fingerprint density at radius 2 is 1.30 bits per heavy atom. The Morgan fingerprint density at radius 1 is 0.758 bits per heavy atom. The van der Waals surface area contributed by atoms with E-state index >= 15 is 0 Å². The Morgan fingerprint density at radius 3 is 1.85 bits per heavy atom. The number of esters is 2. The highest BCUT2D eigenvalue weighted by molar-refractivity contribution is 5.90. The lowest BCUT2D eigenvalue weighted by Gasteiger charge is -2.42. The smallest absolute Gasteiger partial charge is 0.338 e. The monoisotopic (exact) mass is 446 g/mol. The van der Waals surface area contributed by atoms with Crippen LogP contribution in [0.15, 0.2) is 54.6 Å². The van der Waals surface area contributed by atoms with Gasteiger partial charge in [0, 0.05) is 0 Å². The molecule has 3 fully saturated rings. The van der Waals surface area contributed by atoms with Crippen molar-refractivity contribution >= 4 is 11.9 Å². The number of rotatable bonds is 7. The molecule has 0 spiro atoms. The number of hydrogen-bond donors (Lipinski definition) is 0. The standard InChI is InChI=1S/C29H34O4/c1-2-3-7-19-10-12-21(13-11-19)29(31)33-27-18-25-23-15-14-22(16-23)24(25)17-26(27)32-28(30)20-8-5-4-6-9-20/h4-6,8-13,22-27H,2-3,7,14-18H2,1H3. The van der Waals surface area contributed by atoms with Gasteiger partial charge in [-0.1, -0.05) is 43.7 Å². The van der Waals surface area contributed by atoms with Crippen molar-refractivity contribution in [2.75, 3.05) is 0 Å². The van der Waals surface area contributed by atoms with Gasteiger partial charge in [0.2, 0.25) is 0 Å². The van der Waals surface area contributed by atoms with Crippen LogP contribution in [-0.2, 0) is 15.9 Å². The molecule has 2 aromatic carbocycles. The lowest BCUT2D eigenvalue weighted by molar-refractivity contribution is -0.0822. The first-order valence-electron chi connectivity index (χ1n) is 12.7. The third-order valence-electron chi connectivity index (χ3n) is 8.23. The Hall–Kier alpha value is -2.62. The van der Waals surface area contributed by atoms with E-state index in [0.29, 0.717) is 23.0 Å². The summed E-state index contributed by atoms with van der Waals surface area (Å²) in [6.07, 6.45) is 8.03. The Balaban J connectivity index is 1.30. The third-order valence-corrected chi connectivity index (χ3v) is 8.23. The topological polar surface area (TPSA) is 52.6 Å². The highest BCUT2D eigenvalue weighted by Gasteiger charge is 2.53. The van der Waals surface area contributed by atoms with E-state index in [1.54, 1.807) is 12.1 Å². The first kappa shape index (κ1) is 22.2. The van der Waals surface area contributed by atoms with Gasteiger partial charge in [-0.05, 0) is 98.4 Å². The summed E-state index contributed by atoms with van der Waals surface area (Å²) < 4.78 is 12.0. The number of fused-ring (bicyclic) bond motifs is 5. The lowest BCUT2D eigenvalue weighted by Crippen LogP contribution is -2.45. The van der Waals surface area contributed by atoms with Crippen LogP contribution in [0, 0.1) is 23.7 Å². The maximum atomic E-state index is 13.0. The van der Waals surface area contributed by atoms with E-state index in [-0.39, 0.29) is 24.1 Å². The van der Waals surface area contributed by atoms with E-state index in [9.17, 15) is 9.59 Å². The maximum absolute atomic E-state index is 13.0. The van der Waals surface area contributed by atoms with E-state index in [2.05, 4.69) is 6.92 Å². The molecule has 0 saturated heterocycles. The van der Waals surface area contributed by atoms with E-state index in [1.807, 2.05) is 42.5 Å². The Labute approximate surface area is 196 Å². The summed E-state index contributed by atoms with van der Waals surface area (Å²) in [5.41, 5.74) is 2.35. The SMILES string of the molecule is CCCCc1ccc(C(=O)OC2CC3C4CCC(C4)C3CC2OC(=O)c2ccccc2)cc1. The molecule has 2 aromatic rings. The minimum Gasteiger partial charge on any atom is -0.455 e. The minimum atomic E-state index is -0.384. The maximum Gasteiger partial charge on any atom is 0.338 e. The highest BCUT2D eigenvalue weighted by Crippen LogP contribution is 2.58.